The molecule has 0 bridgehead atoms. The number of carbonyl (C=O) groups excluding carboxylic acids is 2. The SMILES string of the molecule is CC(C)c1ccc(-c2noc(CN3C(=O)N[C@](C)(c4ccc5c(c4)OCO5)C3=O)n2)cc1. The van der Waals surface area contributed by atoms with E-state index in [2.05, 4.69) is 29.3 Å². The van der Waals surface area contributed by atoms with E-state index in [1.54, 1.807) is 25.1 Å². The maximum atomic E-state index is 13.2. The lowest BCUT2D eigenvalue weighted by Crippen LogP contribution is -2.40. The predicted molar refractivity (Wildman–Crippen MR) is 113 cm³/mol. The van der Waals surface area contributed by atoms with Crippen molar-refractivity contribution in [3.63, 3.8) is 0 Å². The van der Waals surface area contributed by atoms with Crippen LogP contribution in [0, 0.1) is 0 Å². The molecule has 9 heteroatoms. The molecule has 32 heavy (non-hydrogen) atoms. The van der Waals surface area contributed by atoms with Crippen LogP contribution in [0.1, 0.15) is 43.7 Å². The van der Waals surface area contributed by atoms with Gasteiger partial charge in [-0.3, -0.25) is 9.69 Å². The average molecular weight is 434 g/mol. The lowest BCUT2D eigenvalue weighted by molar-refractivity contribution is -0.131. The van der Waals surface area contributed by atoms with Gasteiger partial charge < -0.3 is 19.3 Å². The number of nitrogens with one attached hydrogen (secondary N) is 1. The summed E-state index contributed by atoms with van der Waals surface area (Å²) in [5.41, 5.74) is 1.36. The van der Waals surface area contributed by atoms with Crippen molar-refractivity contribution < 1.29 is 23.6 Å². The van der Waals surface area contributed by atoms with Crippen LogP contribution in [0.4, 0.5) is 4.79 Å². The first kappa shape index (κ1) is 20.0. The number of imide groups is 1. The average Bonchev–Trinajstić information content (AvgIpc) is 3.49. The van der Waals surface area contributed by atoms with Crippen molar-refractivity contribution in [2.75, 3.05) is 6.79 Å². The molecule has 1 N–H and O–H groups in total. The molecule has 0 spiro atoms. The molecule has 5 rings (SSSR count). The Morgan fingerprint density at radius 3 is 2.59 bits per heavy atom. The molecule has 1 aromatic heterocycles. The first-order valence-electron chi connectivity index (χ1n) is 10.3. The molecule has 9 nitrogen and oxygen atoms in total. The van der Waals surface area contributed by atoms with Gasteiger partial charge in [0, 0.05) is 5.56 Å². The molecule has 1 fully saturated rings. The summed E-state index contributed by atoms with van der Waals surface area (Å²) in [5.74, 6) is 1.72. The lowest BCUT2D eigenvalue weighted by atomic mass is 9.91. The van der Waals surface area contributed by atoms with Crippen molar-refractivity contribution in [1.82, 2.24) is 20.4 Å². The molecule has 0 radical (unpaired) electrons. The smallest absolute Gasteiger partial charge is 0.325 e. The summed E-state index contributed by atoms with van der Waals surface area (Å²) >= 11 is 0. The molecule has 0 saturated carbocycles. The number of benzene rings is 2. The van der Waals surface area contributed by atoms with Gasteiger partial charge in [-0.15, -0.1) is 0 Å². The lowest BCUT2D eigenvalue weighted by Gasteiger charge is -2.22. The molecule has 0 aliphatic carbocycles. The van der Waals surface area contributed by atoms with E-state index in [1.807, 2.05) is 24.3 Å². The van der Waals surface area contributed by atoms with E-state index >= 15 is 0 Å². The van der Waals surface area contributed by atoms with Crippen LogP contribution in [0.2, 0.25) is 0 Å². The Hall–Kier alpha value is -3.88. The minimum absolute atomic E-state index is 0.123. The van der Waals surface area contributed by atoms with Crippen LogP contribution in [-0.4, -0.2) is 33.8 Å². The van der Waals surface area contributed by atoms with Crippen molar-refractivity contribution in [1.29, 1.82) is 0 Å². The number of amides is 3. The highest BCUT2D eigenvalue weighted by molar-refractivity contribution is 6.07. The Labute approximate surface area is 184 Å². The van der Waals surface area contributed by atoms with Gasteiger partial charge in [-0.25, -0.2) is 4.79 Å². The van der Waals surface area contributed by atoms with Gasteiger partial charge in [0.1, 0.15) is 12.1 Å². The first-order chi connectivity index (χ1) is 15.3. The third-order valence-electron chi connectivity index (χ3n) is 5.82. The van der Waals surface area contributed by atoms with E-state index in [9.17, 15) is 9.59 Å². The minimum atomic E-state index is -1.24. The second-order valence-corrected chi connectivity index (χ2v) is 8.30. The van der Waals surface area contributed by atoms with Gasteiger partial charge in [0.05, 0.1) is 0 Å². The van der Waals surface area contributed by atoms with Crippen molar-refractivity contribution in [2.45, 2.75) is 38.8 Å². The zero-order valence-electron chi connectivity index (χ0n) is 17.9. The molecule has 1 atom stereocenters. The van der Waals surface area contributed by atoms with Gasteiger partial charge in [-0.1, -0.05) is 49.3 Å². The number of urea groups is 1. The number of carbonyl (C=O) groups is 2. The number of ether oxygens (including phenoxy) is 2. The first-order valence-corrected chi connectivity index (χ1v) is 10.3. The van der Waals surface area contributed by atoms with Crippen LogP contribution in [0.15, 0.2) is 47.0 Å². The molecule has 2 aromatic carbocycles. The largest absolute Gasteiger partial charge is 0.454 e. The molecule has 2 aliphatic heterocycles. The molecule has 164 valence electrons. The van der Waals surface area contributed by atoms with E-state index in [0.29, 0.717) is 28.8 Å². The van der Waals surface area contributed by atoms with E-state index in [4.69, 9.17) is 14.0 Å². The second-order valence-electron chi connectivity index (χ2n) is 8.30. The molecule has 0 unspecified atom stereocenters. The zero-order chi connectivity index (χ0) is 22.5. The highest BCUT2D eigenvalue weighted by Gasteiger charge is 2.49. The second kappa shape index (κ2) is 7.37. The fraction of sp³-hybridized carbons (Fsp3) is 0.304. The topological polar surface area (TPSA) is 107 Å². The normalized spacial score (nSPS) is 19.7. The van der Waals surface area contributed by atoms with Crippen molar-refractivity contribution in [3.8, 4) is 22.9 Å². The van der Waals surface area contributed by atoms with Crippen LogP contribution >= 0.6 is 0 Å². The van der Waals surface area contributed by atoms with Crippen molar-refractivity contribution in [3.05, 3.63) is 59.5 Å². The highest BCUT2D eigenvalue weighted by atomic mass is 16.7. The van der Waals surface area contributed by atoms with Gasteiger partial charge in [0.15, 0.2) is 11.5 Å². The summed E-state index contributed by atoms with van der Waals surface area (Å²) in [6.07, 6.45) is 0. The number of aromatic nitrogens is 2. The molecule has 3 aromatic rings. The van der Waals surface area contributed by atoms with Crippen LogP contribution in [0.5, 0.6) is 11.5 Å². The quantitative estimate of drug-likeness (QED) is 0.612. The summed E-state index contributed by atoms with van der Waals surface area (Å²) in [6.45, 7) is 5.90. The third-order valence-corrected chi connectivity index (χ3v) is 5.82. The third kappa shape index (κ3) is 3.26. The minimum Gasteiger partial charge on any atom is -0.454 e. The molecule has 3 heterocycles. The van der Waals surface area contributed by atoms with E-state index < -0.39 is 17.5 Å². The Bertz CT molecular complexity index is 1200. The summed E-state index contributed by atoms with van der Waals surface area (Å²) < 4.78 is 16.0. The monoisotopic (exact) mass is 434 g/mol. The molecular weight excluding hydrogens is 412 g/mol. The fourth-order valence-corrected chi connectivity index (χ4v) is 3.83. The Morgan fingerprint density at radius 1 is 1.09 bits per heavy atom. The van der Waals surface area contributed by atoms with Crippen LogP contribution in [0.3, 0.4) is 0 Å². The number of hydrogen-bond donors (Lipinski definition) is 1. The van der Waals surface area contributed by atoms with Crippen LogP contribution in [0.25, 0.3) is 11.4 Å². The van der Waals surface area contributed by atoms with Gasteiger partial charge in [-0.2, -0.15) is 4.98 Å². The van der Waals surface area contributed by atoms with Crippen LogP contribution < -0.4 is 14.8 Å². The number of rotatable bonds is 5. The Balaban J connectivity index is 1.35. The van der Waals surface area contributed by atoms with Crippen molar-refractivity contribution >= 4 is 11.9 Å². The van der Waals surface area contributed by atoms with Gasteiger partial charge in [-0.05, 0) is 36.1 Å². The highest BCUT2D eigenvalue weighted by Crippen LogP contribution is 2.38. The molecule has 3 amide bonds. The summed E-state index contributed by atoms with van der Waals surface area (Å²) in [6, 6.07) is 12.5. The maximum absolute atomic E-state index is 13.2. The molecular formula is C23H22N4O5. The predicted octanol–water partition coefficient (Wildman–Crippen LogP) is 3.56. The van der Waals surface area contributed by atoms with Crippen molar-refractivity contribution in [2.24, 2.45) is 0 Å². The van der Waals surface area contributed by atoms with Gasteiger partial charge in [0.25, 0.3) is 5.91 Å². The standard InChI is InChI=1S/C23H22N4O5/c1-13(2)14-4-6-15(7-5-14)20-24-19(32-26-20)11-27-21(28)23(3,25-22(27)29)16-8-9-17-18(10-16)31-12-30-17/h4-10,13H,11-12H2,1-3H3,(H,25,29)/t23-/m1/s1. The zero-order valence-corrected chi connectivity index (χ0v) is 17.9. The summed E-state index contributed by atoms with van der Waals surface area (Å²) in [4.78, 5) is 31.3. The maximum Gasteiger partial charge on any atom is 0.325 e. The van der Waals surface area contributed by atoms with E-state index in [0.717, 1.165) is 10.5 Å². The molecule has 1 saturated heterocycles. The van der Waals surface area contributed by atoms with Gasteiger partial charge in [0.2, 0.25) is 18.5 Å². The molecule has 2 aliphatic rings. The number of hydrogen-bond acceptors (Lipinski definition) is 7. The summed E-state index contributed by atoms with van der Waals surface area (Å²) in [7, 11) is 0. The van der Waals surface area contributed by atoms with Crippen LogP contribution in [-0.2, 0) is 16.9 Å². The number of fused-ring (bicyclic) bond motifs is 1. The Kier molecular flexibility index (Phi) is 4.61. The van der Waals surface area contributed by atoms with E-state index in [-0.39, 0.29) is 19.2 Å². The fourth-order valence-electron chi connectivity index (χ4n) is 3.83. The van der Waals surface area contributed by atoms with E-state index in [1.165, 1.54) is 5.56 Å². The van der Waals surface area contributed by atoms with Gasteiger partial charge >= 0.3 is 6.03 Å². The Morgan fingerprint density at radius 2 is 1.84 bits per heavy atom. The number of nitrogens with zero attached hydrogens (tertiary/aromatic N) is 3. The summed E-state index contributed by atoms with van der Waals surface area (Å²) in [5, 5.41) is 6.77.